The number of morpholine rings is 1. The van der Waals surface area contributed by atoms with Gasteiger partial charge in [-0.05, 0) is 19.1 Å². The molecule has 2 aliphatic heterocycles. The topological polar surface area (TPSA) is 41.6 Å². The molecule has 1 amide bonds. The van der Waals surface area contributed by atoms with Crippen LogP contribution in [0.1, 0.15) is 11.1 Å². The molecule has 0 spiro atoms. The van der Waals surface area contributed by atoms with Crippen LogP contribution in [0.3, 0.4) is 0 Å². The van der Waals surface area contributed by atoms with Crippen LogP contribution < -0.4 is 5.32 Å². The van der Waals surface area contributed by atoms with Crippen molar-refractivity contribution in [2.45, 2.75) is 6.92 Å². The van der Waals surface area contributed by atoms with Crippen molar-refractivity contribution >= 4 is 17.2 Å². The Hall–Kier alpha value is -1.81. The first-order chi connectivity index (χ1) is 8.74. The number of benzene rings is 1. The van der Waals surface area contributed by atoms with Gasteiger partial charge in [0.1, 0.15) is 0 Å². The first-order valence-electron chi connectivity index (χ1n) is 6.20. The molecule has 0 bridgehead atoms. The second-order valence-corrected chi connectivity index (χ2v) is 4.69. The number of ether oxygens (including phenoxy) is 1. The van der Waals surface area contributed by atoms with E-state index < -0.39 is 0 Å². The fraction of sp³-hybridized carbons (Fsp3) is 0.357. The lowest BCUT2D eigenvalue weighted by Crippen LogP contribution is -2.32. The van der Waals surface area contributed by atoms with Crippen molar-refractivity contribution in [2.24, 2.45) is 0 Å². The van der Waals surface area contributed by atoms with Gasteiger partial charge in [-0.15, -0.1) is 0 Å². The molecule has 0 saturated carbocycles. The van der Waals surface area contributed by atoms with E-state index in [1.807, 2.05) is 25.3 Å². The molecule has 4 heteroatoms. The number of amides is 1. The van der Waals surface area contributed by atoms with Crippen LogP contribution in [0, 0.1) is 6.92 Å². The highest BCUT2D eigenvalue weighted by Crippen LogP contribution is 2.32. The summed E-state index contributed by atoms with van der Waals surface area (Å²) in [6.45, 7) is 5.18. The van der Waals surface area contributed by atoms with Crippen LogP contribution in [-0.2, 0) is 9.53 Å². The second-order valence-electron chi connectivity index (χ2n) is 4.69. The predicted molar refractivity (Wildman–Crippen MR) is 70.2 cm³/mol. The molecular weight excluding hydrogens is 228 g/mol. The minimum atomic E-state index is -0.0120. The van der Waals surface area contributed by atoms with Crippen molar-refractivity contribution in [3.05, 3.63) is 35.5 Å². The number of carbonyl (C=O) groups is 1. The Balaban J connectivity index is 1.95. The molecule has 3 rings (SSSR count). The smallest absolute Gasteiger partial charge is 0.257 e. The number of rotatable bonds is 1. The van der Waals surface area contributed by atoms with Crippen molar-refractivity contribution in [3.63, 3.8) is 0 Å². The van der Waals surface area contributed by atoms with E-state index in [0.717, 1.165) is 48.7 Å². The maximum absolute atomic E-state index is 12.0. The van der Waals surface area contributed by atoms with Crippen molar-refractivity contribution in [1.82, 2.24) is 4.90 Å². The fourth-order valence-corrected chi connectivity index (χ4v) is 2.32. The summed E-state index contributed by atoms with van der Waals surface area (Å²) in [5.74, 6) is -0.0120. The maximum Gasteiger partial charge on any atom is 0.257 e. The largest absolute Gasteiger partial charge is 0.378 e. The van der Waals surface area contributed by atoms with Gasteiger partial charge in [0.2, 0.25) is 0 Å². The molecule has 2 heterocycles. The molecule has 0 aliphatic carbocycles. The standard InChI is InChI=1S/C14H16N2O2/c1-10-2-3-13-11(8-10)12(14(17)15-13)9-16-4-6-18-7-5-16/h2-3,8-9H,4-7H2,1H3,(H,15,17)/b12-9+. The molecule has 0 aromatic heterocycles. The van der Waals surface area contributed by atoms with E-state index >= 15 is 0 Å². The number of hydrogen-bond donors (Lipinski definition) is 1. The van der Waals surface area contributed by atoms with Crippen molar-refractivity contribution < 1.29 is 9.53 Å². The summed E-state index contributed by atoms with van der Waals surface area (Å²) in [5, 5.41) is 2.90. The van der Waals surface area contributed by atoms with Gasteiger partial charge in [-0.3, -0.25) is 4.79 Å². The molecule has 1 saturated heterocycles. The summed E-state index contributed by atoms with van der Waals surface area (Å²) in [6, 6.07) is 6.03. The van der Waals surface area contributed by atoms with Crippen LogP contribution in [0.4, 0.5) is 5.69 Å². The third-order valence-electron chi connectivity index (χ3n) is 3.32. The molecule has 0 radical (unpaired) electrons. The van der Waals surface area contributed by atoms with Crippen molar-refractivity contribution in [2.75, 3.05) is 31.6 Å². The maximum atomic E-state index is 12.0. The Morgan fingerprint density at radius 1 is 1.33 bits per heavy atom. The first-order valence-corrected chi connectivity index (χ1v) is 6.20. The molecule has 94 valence electrons. The second kappa shape index (κ2) is 4.46. The highest BCUT2D eigenvalue weighted by atomic mass is 16.5. The number of nitrogens with zero attached hydrogens (tertiary/aromatic N) is 1. The summed E-state index contributed by atoms with van der Waals surface area (Å²) in [5.41, 5.74) is 3.84. The molecule has 4 nitrogen and oxygen atoms in total. The summed E-state index contributed by atoms with van der Waals surface area (Å²) in [7, 11) is 0. The highest BCUT2D eigenvalue weighted by Gasteiger charge is 2.25. The fourth-order valence-electron chi connectivity index (χ4n) is 2.32. The normalized spacial score (nSPS) is 21.1. The molecule has 1 aromatic rings. The zero-order chi connectivity index (χ0) is 12.5. The number of hydrogen-bond acceptors (Lipinski definition) is 3. The van der Waals surface area contributed by atoms with Crippen LogP contribution in [0.2, 0.25) is 0 Å². The molecular formula is C14H16N2O2. The number of anilines is 1. The van der Waals surface area contributed by atoms with E-state index in [1.165, 1.54) is 0 Å². The lowest BCUT2D eigenvalue weighted by molar-refractivity contribution is -0.110. The Bertz CT molecular complexity index is 517. The van der Waals surface area contributed by atoms with Gasteiger partial charge in [-0.25, -0.2) is 0 Å². The van der Waals surface area contributed by atoms with E-state index in [2.05, 4.69) is 16.3 Å². The van der Waals surface area contributed by atoms with Gasteiger partial charge in [0.15, 0.2) is 0 Å². The number of carbonyl (C=O) groups excluding carboxylic acids is 1. The number of nitrogens with one attached hydrogen (secondary N) is 1. The minimum Gasteiger partial charge on any atom is -0.378 e. The van der Waals surface area contributed by atoms with Crippen LogP contribution in [0.15, 0.2) is 24.4 Å². The van der Waals surface area contributed by atoms with Crippen LogP contribution in [0.25, 0.3) is 5.57 Å². The summed E-state index contributed by atoms with van der Waals surface area (Å²) < 4.78 is 5.31. The first kappa shape index (κ1) is 11.3. The zero-order valence-corrected chi connectivity index (χ0v) is 10.4. The van der Waals surface area contributed by atoms with Gasteiger partial charge in [-0.2, -0.15) is 0 Å². The van der Waals surface area contributed by atoms with Gasteiger partial charge < -0.3 is 15.0 Å². The zero-order valence-electron chi connectivity index (χ0n) is 10.4. The van der Waals surface area contributed by atoms with Crippen molar-refractivity contribution in [3.8, 4) is 0 Å². The van der Waals surface area contributed by atoms with E-state index in [9.17, 15) is 4.79 Å². The summed E-state index contributed by atoms with van der Waals surface area (Å²) in [4.78, 5) is 14.1. The van der Waals surface area contributed by atoms with Gasteiger partial charge in [0, 0.05) is 30.5 Å². The number of aryl methyl sites for hydroxylation is 1. The third kappa shape index (κ3) is 1.99. The van der Waals surface area contributed by atoms with E-state index in [-0.39, 0.29) is 5.91 Å². The summed E-state index contributed by atoms with van der Waals surface area (Å²) in [6.07, 6.45) is 1.96. The third-order valence-corrected chi connectivity index (χ3v) is 3.32. The van der Waals surface area contributed by atoms with E-state index in [1.54, 1.807) is 0 Å². The number of fused-ring (bicyclic) bond motifs is 1. The SMILES string of the molecule is Cc1ccc2c(c1)/C(=C\N1CCOCC1)C(=O)N2. The molecule has 1 fully saturated rings. The average molecular weight is 244 g/mol. The Labute approximate surface area is 106 Å². The van der Waals surface area contributed by atoms with Gasteiger partial charge in [0.05, 0.1) is 18.8 Å². The van der Waals surface area contributed by atoms with Gasteiger partial charge in [-0.1, -0.05) is 11.6 Å². The molecule has 1 N–H and O–H groups in total. The van der Waals surface area contributed by atoms with Crippen molar-refractivity contribution in [1.29, 1.82) is 0 Å². The lowest BCUT2D eigenvalue weighted by Gasteiger charge is -2.25. The summed E-state index contributed by atoms with van der Waals surface area (Å²) >= 11 is 0. The highest BCUT2D eigenvalue weighted by molar-refractivity contribution is 6.31. The van der Waals surface area contributed by atoms with Gasteiger partial charge in [0.25, 0.3) is 5.91 Å². The molecule has 0 unspecified atom stereocenters. The molecule has 0 atom stereocenters. The Morgan fingerprint density at radius 3 is 2.89 bits per heavy atom. The van der Waals surface area contributed by atoms with Crippen LogP contribution in [0.5, 0.6) is 0 Å². The monoisotopic (exact) mass is 244 g/mol. The molecule has 1 aromatic carbocycles. The predicted octanol–water partition coefficient (Wildman–Crippen LogP) is 1.62. The molecule has 18 heavy (non-hydrogen) atoms. The van der Waals surface area contributed by atoms with E-state index in [0.29, 0.717) is 0 Å². The van der Waals surface area contributed by atoms with Crippen LogP contribution >= 0.6 is 0 Å². The average Bonchev–Trinajstić information content (AvgIpc) is 2.67. The van der Waals surface area contributed by atoms with Gasteiger partial charge >= 0.3 is 0 Å². The minimum absolute atomic E-state index is 0.0120. The Kier molecular flexibility index (Phi) is 2.80. The Morgan fingerprint density at radius 2 is 2.11 bits per heavy atom. The van der Waals surface area contributed by atoms with Crippen LogP contribution in [-0.4, -0.2) is 37.1 Å². The molecule has 2 aliphatic rings. The quantitative estimate of drug-likeness (QED) is 0.763. The van der Waals surface area contributed by atoms with E-state index in [4.69, 9.17) is 4.74 Å². The lowest BCUT2D eigenvalue weighted by atomic mass is 10.1.